The van der Waals surface area contributed by atoms with E-state index in [1.54, 1.807) is 6.07 Å². The Kier molecular flexibility index (Phi) is 7.40. The van der Waals surface area contributed by atoms with E-state index in [-0.39, 0.29) is 5.75 Å². The molecular formula is C21H23N3O4. The summed E-state index contributed by atoms with van der Waals surface area (Å²) in [5.74, 6) is 0.166. The van der Waals surface area contributed by atoms with Gasteiger partial charge in [-0.1, -0.05) is 12.1 Å². The third-order valence-electron chi connectivity index (χ3n) is 4.62. The maximum Gasteiger partial charge on any atom is 0.407 e. The average Bonchev–Trinajstić information content (AvgIpc) is 2.69. The fraction of sp³-hybridized carbons (Fsp3) is 0.286. The lowest BCUT2D eigenvalue weighted by molar-refractivity contribution is 0.1000. The largest absolute Gasteiger partial charge is 0.508 e. The molecule has 0 aromatic heterocycles. The summed E-state index contributed by atoms with van der Waals surface area (Å²) in [6, 6.07) is 15.6. The predicted molar refractivity (Wildman–Crippen MR) is 104 cm³/mol. The number of phenols is 1. The van der Waals surface area contributed by atoms with Gasteiger partial charge in [0.25, 0.3) is 0 Å². The zero-order valence-electron chi connectivity index (χ0n) is 15.4. The number of rotatable bonds is 3. The number of primary amides is 1. The van der Waals surface area contributed by atoms with E-state index < -0.39 is 12.0 Å². The summed E-state index contributed by atoms with van der Waals surface area (Å²) in [7, 11) is 0. The van der Waals surface area contributed by atoms with Crippen molar-refractivity contribution in [3.05, 3.63) is 65.2 Å². The molecular weight excluding hydrogens is 358 g/mol. The van der Waals surface area contributed by atoms with Crippen LogP contribution in [0.3, 0.4) is 0 Å². The van der Waals surface area contributed by atoms with Crippen LogP contribution in [-0.2, 0) is 6.42 Å². The highest BCUT2D eigenvalue weighted by atomic mass is 16.4. The van der Waals surface area contributed by atoms with Crippen molar-refractivity contribution in [2.45, 2.75) is 19.3 Å². The molecule has 7 nitrogen and oxygen atoms in total. The number of carbonyl (C=O) groups excluding carboxylic acids is 1. The number of carbonyl (C=O) groups is 2. The number of phenolic OH excluding ortho intramolecular Hbond substituents is 1. The third-order valence-corrected chi connectivity index (χ3v) is 4.62. The van der Waals surface area contributed by atoms with E-state index in [2.05, 4.69) is 6.07 Å². The number of piperidine rings is 1. The molecule has 28 heavy (non-hydrogen) atoms. The second kappa shape index (κ2) is 9.97. The lowest BCUT2D eigenvalue weighted by Crippen LogP contribution is -2.37. The number of aromatic hydroxyl groups is 1. The van der Waals surface area contributed by atoms with Crippen molar-refractivity contribution >= 4 is 12.0 Å². The summed E-state index contributed by atoms with van der Waals surface area (Å²) < 4.78 is 0. The molecule has 4 N–H and O–H groups in total. The molecule has 1 saturated heterocycles. The molecule has 2 aromatic carbocycles. The van der Waals surface area contributed by atoms with Crippen molar-refractivity contribution in [1.29, 1.82) is 5.26 Å². The van der Waals surface area contributed by atoms with E-state index >= 15 is 0 Å². The number of nitriles is 1. The summed E-state index contributed by atoms with van der Waals surface area (Å²) in [6.45, 7) is 1.25. The zero-order valence-corrected chi connectivity index (χ0v) is 15.4. The molecule has 0 atom stereocenters. The summed E-state index contributed by atoms with van der Waals surface area (Å²) in [6.07, 6.45) is 1.93. The number of carboxylic acid groups (broad SMARTS) is 1. The molecule has 0 aliphatic carbocycles. The smallest absolute Gasteiger partial charge is 0.407 e. The summed E-state index contributed by atoms with van der Waals surface area (Å²) in [5, 5.41) is 26.5. The fourth-order valence-corrected chi connectivity index (χ4v) is 3.06. The second-order valence-electron chi connectivity index (χ2n) is 6.64. The van der Waals surface area contributed by atoms with Gasteiger partial charge in [0.05, 0.1) is 11.6 Å². The van der Waals surface area contributed by atoms with Crippen molar-refractivity contribution < 1.29 is 19.8 Å². The van der Waals surface area contributed by atoms with Crippen molar-refractivity contribution in [3.63, 3.8) is 0 Å². The first-order valence-corrected chi connectivity index (χ1v) is 8.94. The van der Waals surface area contributed by atoms with E-state index in [0.717, 1.165) is 19.3 Å². The normalized spacial score (nSPS) is 13.8. The van der Waals surface area contributed by atoms with E-state index in [9.17, 15) is 9.59 Å². The van der Waals surface area contributed by atoms with Gasteiger partial charge in [0.2, 0.25) is 5.91 Å². The van der Waals surface area contributed by atoms with E-state index in [1.807, 2.05) is 18.2 Å². The molecule has 2 amide bonds. The molecule has 7 heteroatoms. The van der Waals surface area contributed by atoms with Gasteiger partial charge >= 0.3 is 6.09 Å². The summed E-state index contributed by atoms with van der Waals surface area (Å²) >= 11 is 0. The molecule has 0 bridgehead atoms. The van der Waals surface area contributed by atoms with Crippen molar-refractivity contribution in [3.8, 4) is 11.8 Å². The Morgan fingerprint density at radius 3 is 2.32 bits per heavy atom. The van der Waals surface area contributed by atoms with Crippen LogP contribution in [0.15, 0.2) is 48.5 Å². The minimum Gasteiger partial charge on any atom is -0.508 e. The number of likely N-dealkylation sites (tertiary alicyclic amines) is 1. The first-order chi connectivity index (χ1) is 13.4. The molecule has 0 radical (unpaired) electrons. The van der Waals surface area contributed by atoms with Crippen LogP contribution in [0.4, 0.5) is 4.79 Å². The highest BCUT2D eigenvalue weighted by Crippen LogP contribution is 2.22. The van der Waals surface area contributed by atoms with Gasteiger partial charge in [-0.3, -0.25) is 4.79 Å². The van der Waals surface area contributed by atoms with Crippen LogP contribution in [0.25, 0.3) is 0 Å². The molecule has 0 unspecified atom stereocenters. The van der Waals surface area contributed by atoms with Gasteiger partial charge in [-0.25, -0.2) is 4.79 Å². The minimum absolute atomic E-state index is 0.130. The SMILES string of the molecule is N#Cc1cccc(CC2CCN(C(=O)O)CC2)c1.NC(=O)c1ccc(O)cc1. The standard InChI is InChI=1S/C14H16N2O2.C7H7NO2/c15-10-13-3-1-2-12(9-13)8-11-4-6-16(7-5-11)14(17)18;8-7(10)5-1-3-6(9)4-2-5/h1-3,9,11H,4-8H2,(H,17,18);1-4,9H,(H2,8,10). The number of amides is 2. The average molecular weight is 381 g/mol. The molecule has 2 aromatic rings. The van der Waals surface area contributed by atoms with Crippen LogP contribution < -0.4 is 5.73 Å². The Balaban J connectivity index is 0.000000237. The lowest BCUT2D eigenvalue weighted by atomic mass is 9.90. The topological polar surface area (TPSA) is 128 Å². The molecule has 1 aliphatic heterocycles. The Hall–Kier alpha value is -3.53. The minimum atomic E-state index is -0.820. The molecule has 1 aliphatic rings. The van der Waals surface area contributed by atoms with E-state index in [4.69, 9.17) is 21.2 Å². The first-order valence-electron chi connectivity index (χ1n) is 8.94. The van der Waals surface area contributed by atoms with E-state index in [0.29, 0.717) is 30.1 Å². The van der Waals surface area contributed by atoms with Crippen molar-refractivity contribution in [2.75, 3.05) is 13.1 Å². The van der Waals surface area contributed by atoms with Gasteiger partial charge in [-0.05, 0) is 67.1 Å². The maximum absolute atomic E-state index is 10.8. The third kappa shape index (κ3) is 6.32. The summed E-state index contributed by atoms with van der Waals surface area (Å²) in [4.78, 5) is 22.7. The van der Waals surface area contributed by atoms with Crippen LogP contribution in [0.1, 0.15) is 34.3 Å². The van der Waals surface area contributed by atoms with Crippen LogP contribution >= 0.6 is 0 Å². The van der Waals surface area contributed by atoms with Crippen LogP contribution in [0.5, 0.6) is 5.75 Å². The Labute approximate surface area is 163 Å². The molecule has 1 heterocycles. The number of benzene rings is 2. The van der Waals surface area contributed by atoms with Crippen LogP contribution in [0, 0.1) is 17.2 Å². The van der Waals surface area contributed by atoms with Gasteiger partial charge in [-0.2, -0.15) is 5.26 Å². The molecule has 1 fully saturated rings. The lowest BCUT2D eigenvalue weighted by Gasteiger charge is -2.30. The molecule has 0 spiro atoms. The number of nitrogens with zero attached hydrogens (tertiary/aromatic N) is 2. The maximum atomic E-state index is 10.8. The highest BCUT2D eigenvalue weighted by Gasteiger charge is 2.22. The van der Waals surface area contributed by atoms with Gasteiger partial charge in [0, 0.05) is 18.7 Å². The molecule has 3 rings (SSSR count). The number of nitrogens with two attached hydrogens (primary N) is 1. The number of hydrogen-bond acceptors (Lipinski definition) is 4. The Morgan fingerprint density at radius 1 is 1.14 bits per heavy atom. The van der Waals surface area contributed by atoms with Gasteiger partial charge in [0.1, 0.15) is 5.75 Å². The monoisotopic (exact) mass is 381 g/mol. The van der Waals surface area contributed by atoms with E-state index in [1.165, 1.54) is 34.7 Å². The molecule has 0 saturated carbocycles. The first kappa shape index (κ1) is 20.8. The van der Waals surface area contributed by atoms with Crippen LogP contribution in [0.2, 0.25) is 0 Å². The summed E-state index contributed by atoms with van der Waals surface area (Å²) in [5.41, 5.74) is 7.20. The zero-order chi connectivity index (χ0) is 20.5. The quantitative estimate of drug-likeness (QED) is 0.753. The fourth-order valence-electron chi connectivity index (χ4n) is 3.06. The molecule has 146 valence electrons. The predicted octanol–water partition coefficient (Wildman–Crippen LogP) is 2.98. The van der Waals surface area contributed by atoms with Crippen molar-refractivity contribution in [1.82, 2.24) is 4.90 Å². The Morgan fingerprint density at radius 2 is 1.79 bits per heavy atom. The second-order valence-corrected chi connectivity index (χ2v) is 6.64. The van der Waals surface area contributed by atoms with Gasteiger partial charge in [-0.15, -0.1) is 0 Å². The van der Waals surface area contributed by atoms with Gasteiger partial charge in [0.15, 0.2) is 0 Å². The highest BCUT2D eigenvalue weighted by molar-refractivity contribution is 5.92. The Bertz CT molecular complexity index is 851. The van der Waals surface area contributed by atoms with Crippen LogP contribution in [-0.4, -0.2) is 40.2 Å². The van der Waals surface area contributed by atoms with Crippen molar-refractivity contribution in [2.24, 2.45) is 11.7 Å². The van der Waals surface area contributed by atoms with Gasteiger partial charge < -0.3 is 20.8 Å². The number of hydrogen-bond donors (Lipinski definition) is 3.